The van der Waals surface area contributed by atoms with Crippen molar-refractivity contribution in [1.29, 1.82) is 0 Å². The Hall–Kier alpha value is -1.69. The molecule has 0 aliphatic heterocycles. The van der Waals surface area contributed by atoms with Gasteiger partial charge in [0, 0.05) is 13.1 Å². The molecule has 0 unspecified atom stereocenters. The Labute approximate surface area is 87.8 Å². The third kappa shape index (κ3) is 2.21. The van der Waals surface area contributed by atoms with E-state index in [0.717, 1.165) is 24.4 Å². The molecule has 0 radical (unpaired) electrons. The number of aromatic nitrogens is 4. The topological polar surface area (TPSA) is 69.7 Å². The van der Waals surface area contributed by atoms with Gasteiger partial charge >= 0.3 is 0 Å². The van der Waals surface area contributed by atoms with Crippen LogP contribution in [-0.2, 0) is 0 Å². The van der Waals surface area contributed by atoms with Gasteiger partial charge in [0.2, 0.25) is 0 Å². The molecule has 15 heavy (non-hydrogen) atoms. The van der Waals surface area contributed by atoms with Crippen molar-refractivity contribution in [3.8, 4) is 0 Å². The molecule has 0 aliphatic rings. The van der Waals surface area contributed by atoms with Crippen molar-refractivity contribution >= 4 is 17.0 Å². The van der Waals surface area contributed by atoms with Gasteiger partial charge in [0.25, 0.3) is 0 Å². The first-order valence-electron chi connectivity index (χ1n) is 4.80. The zero-order chi connectivity index (χ0) is 10.7. The lowest BCUT2D eigenvalue weighted by Gasteiger charge is -2.10. The summed E-state index contributed by atoms with van der Waals surface area (Å²) in [5.41, 5.74) is 1.55. The molecule has 6 nitrogen and oxygen atoms in total. The Balaban J connectivity index is 2.10. The van der Waals surface area contributed by atoms with Crippen LogP contribution in [0.4, 0.5) is 5.82 Å². The number of H-pyrrole nitrogens is 1. The van der Waals surface area contributed by atoms with Crippen molar-refractivity contribution in [3.05, 3.63) is 12.7 Å². The van der Waals surface area contributed by atoms with Crippen molar-refractivity contribution in [1.82, 2.24) is 24.8 Å². The lowest BCUT2D eigenvalue weighted by Crippen LogP contribution is -2.21. The van der Waals surface area contributed by atoms with E-state index in [9.17, 15) is 0 Å². The van der Waals surface area contributed by atoms with Crippen LogP contribution in [0, 0.1) is 0 Å². The monoisotopic (exact) mass is 206 g/mol. The van der Waals surface area contributed by atoms with Crippen LogP contribution in [0.3, 0.4) is 0 Å². The molecule has 0 saturated heterocycles. The number of rotatable bonds is 4. The van der Waals surface area contributed by atoms with Crippen LogP contribution < -0.4 is 5.32 Å². The molecular weight excluding hydrogens is 192 g/mol. The van der Waals surface area contributed by atoms with E-state index >= 15 is 0 Å². The maximum atomic E-state index is 4.16. The first-order chi connectivity index (χ1) is 7.27. The third-order valence-corrected chi connectivity index (χ3v) is 2.07. The Bertz CT molecular complexity index is 435. The molecule has 0 atom stereocenters. The minimum Gasteiger partial charge on any atom is -0.367 e. The zero-order valence-electron chi connectivity index (χ0n) is 8.86. The maximum absolute atomic E-state index is 4.16. The average molecular weight is 206 g/mol. The van der Waals surface area contributed by atoms with Crippen molar-refractivity contribution < 1.29 is 0 Å². The number of anilines is 1. The number of nitrogens with one attached hydrogen (secondary N) is 2. The fraction of sp³-hybridized carbons (Fsp3) is 0.444. The van der Waals surface area contributed by atoms with Crippen molar-refractivity contribution in [2.24, 2.45) is 0 Å². The summed E-state index contributed by atoms with van der Waals surface area (Å²) in [6.45, 7) is 1.80. The van der Waals surface area contributed by atoms with Crippen molar-refractivity contribution in [2.45, 2.75) is 0 Å². The summed E-state index contributed by atoms with van der Waals surface area (Å²) in [5.74, 6) is 0.805. The van der Waals surface area contributed by atoms with Gasteiger partial charge in [-0.15, -0.1) is 0 Å². The Kier molecular flexibility index (Phi) is 2.77. The fourth-order valence-electron chi connectivity index (χ4n) is 1.30. The molecule has 6 heteroatoms. The van der Waals surface area contributed by atoms with Gasteiger partial charge in [0.05, 0.1) is 6.33 Å². The highest BCUT2D eigenvalue weighted by molar-refractivity contribution is 5.81. The number of likely N-dealkylation sites (N-methyl/N-ethyl adjacent to an activating group) is 1. The smallest absolute Gasteiger partial charge is 0.182 e. The van der Waals surface area contributed by atoms with E-state index in [1.807, 2.05) is 14.1 Å². The fourth-order valence-corrected chi connectivity index (χ4v) is 1.30. The standard InChI is InChI=1S/C9H14N6/c1-15(2)4-3-10-8-7-9(12-5-11-7)14-6-13-8/h5-6H,3-4H2,1-2H3,(H2,10,11,12,13,14). The van der Waals surface area contributed by atoms with Crippen LogP contribution in [0.15, 0.2) is 12.7 Å². The number of hydrogen-bond donors (Lipinski definition) is 2. The maximum Gasteiger partial charge on any atom is 0.182 e. The highest BCUT2D eigenvalue weighted by Gasteiger charge is 2.04. The summed E-state index contributed by atoms with van der Waals surface area (Å²) < 4.78 is 0. The van der Waals surface area contributed by atoms with Crippen LogP contribution in [0.5, 0.6) is 0 Å². The molecule has 0 spiro atoms. The summed E-state index contributed by atoms with van der Waals surface area (Å²) in [6.07, 6.45) is 3.14. The molecule has 0 aromatic carbocycles. The number of hydrogen-bond acceptors (Lipinski definition) is 5. The Morgan fingerprint density at radius 3 is 3.00 bits per heavy atom. The number of aromatic amines is 1. The molecular formula is C9H14N6. The van der Waals surface area contributed by atoms with E-state index in [1.54, 1.807) is 6.33 Å². The quantitative estimate of drug-likeness (QED) is 0.754. The van der Waals surface area contributed by atoms with Crippen molar-refractivity contribution in [2.75, 3.05) is 32.5 Å². The number of fused-ring (bicyclic) bond motifs is 1. The van der Waals surface area contributed by atoms with Gasteiger partial charge in [-0.2, -0.15) is 0 Å². The lowest BCUT2D eigenvalue weighted by molar-refractivity contribution is 0.425. The zero-order valence-corrected chi connectivity index (χ0v) is 8.86. The van der Waals surface area contributed by atoms with Crippen LogP contribution in [0.25, 0.3) is 11.2 Å². The van der Waals surface area contributed by atoms with Crippen LogP contribution in [0.1, 0.15) is 0 Å². The molecule has 2 aromatic heterocycles. The molecule has 0 fully saturated rings. The predicted octanol–water partition coefficient (Wildman–Crippen LogP) is 0.326. The number of imidazole rings is 1. The molecule has 2 heterocycles. The molecule has 0 bridgehead atoms. The van der Waals surface area contributed by atoms with E-state index < -0.39 is 0 Å². The third-order valence-electron chi connectivity index (χ3n) is 2.07. The first kappa shape index (κ1) is 9.85. The SMILES string of the molecule is CN(C)CCNc1ncnc2nc[nH]c12. The van der Waals surface area contributed by atoms with Crippen LogP contribution in [-0.4, -0.2) is 52.0 Å². The molecule has 2 rings (SSSR count). The van der Waals surface area contributed by atoms with E-state index in [2.05, 4.69) is 30.2 Å². The molecule has 2 aromatic rings. The average Bonchev–Trinajstić information content (AvgIpc) is 2.65. The Morgan fingerprint density at radius 1 is 1.33 bits per heavy atom. The highest BCUT2D eigenvalue weighted by Crippen LogP contribution is 2.13. The van der Waals surface area contributed by atoms with E-state index in [-0.39, 0.29) is 0 Å². The normalized spacial score (nSPS) is 11.1. The van der Waals surface area contributed by atoms with Crippen molar-refractivity contribution in [3.63, 3.8) is 0 Å². The summed E-state index contributed by atoms with van der Waals surface area (Å²) >= 11 is 0. The van der Waals surface area contributed by atoms with Gasteiger partial charge in [-0.05, 0) is 14.1 Å². The van der Waals surface area contributed by atoms with E-state index in [4.69, 9.17) is 0 Å². The second-order valence-corrected chi connectivity index (χ2v) is 3.55. The van der Waals surface area contributed by atoms with Gasteiger partial charge in [0.15, 0.2) is 11.5 Å². The summed E-state index contributed by atoms with van der Waals surface area (Å²) in [4.78, 5) is 17.4. The summed E-state index contributed by atoms with van der Waals surface area (Å²) in [7, 11) is 4.07. The minimum absolute atomic E-state index is 0.692. The molecule has 2 N–H and O–H groups in total. The summed E-state index contributed by atoms with van der Waals surface area (Å²) in [6, 6.07) is 0. The van der Waals surface area contributed by atoms with Gasteiger partial charge in [-0.3, -0.25) is 0 Å². The van der Waals surface area contributed by atoms with Crippen LogP contribution in [0.2, 0.25) is 0 Å². The van der Waals surface area contributed by atoms with Gasteiger partial charge < -0.3 is 15.2 Å². The molecule has 80 valence electrons. The number of nitrogens with zero attached hydrogens (tertiary/aromatic N) is 4. The lowest BCUT2D eigenvalue weighted by atomic mass is 10.4. The molecule has 0 aliphatic carbocycles. The minimum atomic E-state index is 0.692. The van der Waals surface area contributed by atoms with E-state index in [1.165, 1.54) is 6.33 Å². The molecule has 0 amide bonds. The van der Waals surface area contributed by atoms with Gasteiger partial charge in [-0.1, -0.05) is 0 Å². The van der Waals surface area contributed by atoms with Gasteiger partial charge in [-0.25, -0.2) is 15.0 Å². The predicted molar refractivity (Wildman–Crippen MR) is 58.7 cm³/mol. The van der Waals surface area contributed by atoms with Crippen LogP contribution >= 0.6 is 0 Å². The second-order valence-electron chi connectivity index (χ2n) is 3.55. The molecule has 0 saturated carbocycles. The summed E-state index contributed by atoms with van der Waals surface area (Å²) in [5, 5.41) is 3.24. The second kappa shape index (κ2) is 4.22. The first-order valence-corrected chi connectivity index (χ1v) is 4.80. The van der Waals surface area contributed by atoms with Gasteiger partial charge in [0.1, 0.15) is 11.8 Å². The Morgan fingerprint density at radius 2 is 2.20 bits per heavy atom. The largest absolute Gasteiger partial charge is 0.367 e. The van der Waals surface area contributed by atoms with E-state index in [0.29, 0.717) is 5.65 Å². The highest BCUT2D eigenvalue weighted by atomic mass is 15.1.